The highest BCUT2D eigenvalue weighted by atomic mass is 16.6. The Morgan fingerprint density at radius 2 is 0.650 bits per heavy atom. The zero-order valence-corrected chi connectivity index (χ0v) is 39.2. The number of allylic oxidation sites excluding steroid dienone is 12. The Morgan fingerprint density at radius 1 is 0.350 bits per heavy atom. The fourth-order valence-corrected chi connectivity index (χ4v) is 6.66. The van der Waals surface area contributed by atoms with Crippen molar-refractivity contribution in [1.82, 2.24) is 0 Å². The number of rotatable bonds is 44. The average molecular weight is 837 g/mol. The van der Waals surface area contributed by atoms with Gasteiger partial charge in [0, 0.05) is 19.3 Å². The fourth-order valence-electron chi connectivity index (χ4n) is 6.66. The number of hydrogen-bond acceptors (Lipinski definition) is 6. The Hall–Kier alpha value is -3.15. The molecule has 0 aliphatic carbocycles. The van der Waals surface area contributed by atoms with Crippen LogP contribution in [0.3, 0.4) is 0 Å². The summed E-state index contributed by atoms with van der Waals surface area (Å²) in [7, 11) is 0. The average Bonchev–Trinajstić information content (AvgIpc) is 3.24. The molecule has 0 N–H and O–H groups in total. The first-order chi connectivity index (χ1) is 29.5. The van der Waals surface area contributed by atoms with Gasteiger partial charge in [-0.1, -0.05) is 177 Å². The Labute approximate surface area is 370 Å². The van der Waals surface area contributed by atoms with E-state index in [2.05, 4.69) is 93.7 Å². The van der Waals surface area contributed by atoms with Crippen molar-refractivity contribution < 1.29 is 28.6 Å². The minimum Gasteiger partial charge on any atom is -0.462 e. The monoisotopic (exact) mass is 837 g/mol. The molecule has 0 spiro atoms. The zero-order valence-electron chi connectivity index (χ0n) is 39.2. The van der Waals surface area contributed by atoms with Gasteiger partial charge in [0.1, 0.15) is 13.2 Å². The quantitative estimate of drug-likeness (QED) is 0.0263. The minimum atomic E-state index is -0.800. The van der Waals surface area contributed by atoms with Crippen LogP contribution in [0.5, 0.6) is 0 Å². The summed E-state index contributed by atoms with van der Waals surface area (Å²) in [5, 5.41) is 0. The second kappa shape index (κ2) is 48.5. The maximum absolute atomic E-state index is 12.8. The molecule has 0 aromatic heterocycles. The summed E-state index contributed by atoms with van der Waals surface area (Å²) >= 11 is 0. The largest absolute Gasteiger partial charge is 0.462 e. The molecule has 60 heavy (non-hydrogen) atoms. The number of carbonyl (C=O) groups excluding carboxylic acids is 3. The van der Waals surface area contributed by atoms with Gasteiger partial charge in [0.2, 0.25) is 0 Å². The van der Waals surface area contributed by atoms with E-state index in [1.165, 1.54) is 89.9 Å². The van der Waals surface area contributed by atoms with E-state index in [-0.39, 0.29) is 31.1 Å². The maximum Gasteiger partial charge on any atom is 0.306 e. The second-order valence-electron chi connectivity index (χ2n) is 16.3. The van der Waals surface area contributed by atoms with Crippen molar-refractivity contribution in [2.24, 2.45) is 0 Å². The number of esters is 3. The molecule has 1 unspecified atom stereocenters. The lowest BCUT2D eigenvalue weighted by molar-refractivity contribution is -0.167. The highest BCUT2D eigenvalue weighted by Gasteiger charge is 2.19. The lowest BCUT2D eigenvalue weighted by Crippen LogP contribution is -2.30. The van der Waals surface area contributed by atoms with E-state index in [1.807, 2.05) is 0 Å². The summed E-state index contributed by atoms with van der Waals surface area (Å²) in [6.45, 7) is 6.43. The van der Waals surface area contributed by atoms with Gasteiger partial charge < -0.3 is 14.2 Å². The molecule has 0 aromatic carbocycles. The van der Waals surface area contributed by atoms with E-state index in [1.54, 1.807) is 0 Å². The molecule has 0 rings (SSSR count). The Bertz CT molecular complexity index is 1140. The summed E-state index contributed by atoms with van der Waals surface area (Å²) < 4.78 is 16.7. The molecule has 0 aliphatic rings. The summed E-state index contributed by atoms with van der Waals surface area (Å²) in [6, 6.07) is 0. The molecule has 6 heteroatoms. The summed E-state index contributed by atoms with van der Waals surface area (Å²) in [5.41, 5.74) is 0. The molecule has 0 heterocycles. The fraction of sp³-hybridized carbons (Fsp3) is 0.722. The number of hydrogen-bond donors (Lipinski definition) is 0. The number of ether oxygens (including phenoxy) is 3. The van der Waals surface area contributed by atoms with E-state index < -0.39 is 6.10 Å². The molecule has 0 radical (unpaired) electrons. The molecule has 344 valence electrons. The van der Waals surface area contributed by atoms with Crippen molar-refractivity contribution in [3.05, 3.63) is 72.9 Å². The standard InChI is InChI=1S/C54H92O6/c1-4-7-10-13-16-19-22-25-26-27-28-30-32-35-38-41-44-47-53(56)59-50-51(49-58-52(55)46-43-40-37-34-31-24-21-18-15-12-9-6-3)60-54(57)48-45-42-39-36-33-29-23-20-17-14-11-8-5-2/h9,12,16,18-19,21,25-26,29,31,33-34,51H,4-8,10-11,13-15,17,20,22-24,27-28,30,32,35-50H2,1-3H3/b12-9-,19-16-,21-18-,26-25-,33-29-,34-31-. The second-order valence-corrected chi connectivity index (χ2v) is 16.3. The highest BCUT2D eigenvalue weighted by Crippen LogP contribution is 2.13. The van der Waals surface area contributed by atoms with Crippen LogP contribution < -0.4 is 0 Å². The molecule has 0 aromatic rings. The molecular formula is C54H92O6. The van der Waals surface area contributed by atoms with Crippen molar-refractivity contribution in [2.45, 2.75) is 239 Å². The SMILES string of the molecule is CC/C=C\C/C=C\C/C=C\CCCCC(=O)OCC(COC(=O)CCCCCCCCC/C=C\C/C=C\CCCCC)OC(=O)CCCCC/C=C\CCCCCCCC. The molecule has 0 saturated heterocycles. The highest BCUT2D eigenvalue weighted by molar-refractivity contribution is 5.71. The van der Waals surface area contributed by atoms with Crippen LogP contribution in [-0.4, -0.2) is 37.2 Å². The van der Waals surface area contributed by atoms with Crippen molar-refractivity contribution in [3.8, 4) is 0 Å². The molecule has 0 saturated carbocycles. The molecule has 0 aliphatic heterocycles. The van der Waals surface area contributed by atoms with E-state index >= 15 is 0 Å². The first kappa shape index (κ1) is 56.9. The van der Waals surface area contributed by atoms with Gasteiger partial charge in [0.25, 0.3) is 0 Å². The van der Waals surface area contributed by atoms with Crippen LogP contribution in [-0.2, 0) is 28.6 Å². The molecule has 6 nitrogen and oxygen atoms in total. The van der Waals surface area contributed by atoms with E-state index in [4.69, 9.17) is 14.2 Å². The van der Waals surface area contributed by atoms with Crippen LogP contribution in [0.2, 0.25) is 0 Å². The Morgan fingerprint density at radius 3 is 1.12 bits per heavy atom. The van der Waals surface area contributed by atoms with Crippen molar-refractivity contribution in [2.75, 3.05) is 13.2 Å². The zero-order chi connectivity index (χ0) is 43.7. The molecule has 0 bridgehead atoms. The Balaban J connectivity index is 4.44. The van der Waals surface area contributed by atoms with Crippen LogP contribution in [0.1, 0.15) is 233 Å². The van der Waals surface area contributed by atoms with Crippen LogP contribution in [0.4, 0.5) is 0 Å². The van der Waals surface area contributed by atoms with Gasteiger partial charge in [-0.3, -0.25) is 14.4 Å². The van der Waals surface area contributed by atoms with Crippen LogP contribution in [0.25, 0.3) is 0 Å². The Kier molecular flexibility index (Phi) is 46.0. The van der Waals surface area contributed by atoms with Gasteiger partial charge >= 0.3 is 17.9 Å². The van der Waals surface area contributed by atoms with E-state index in [9.17, 15) is 14.4 Å². The van der Waals surface area contributed by atoms with Gasteiger partial charge in [-0.2, -0.15) is 0 Å². The van der Waals surface area contributed by atoms with Gasteiger partial charge in [-0.05, 0) is 109 Å². The smallest absolute Gasteiger partial charge is 0.306 e. The molecular weight excluding hydrogens is 745 g/mol. The minimum absolute atomic E-state index is 0.0981. The lowest BCUT2D eigenvalue weighted by Gasteiger charge is -2.18. The third kappa shape index (κ3) is 45.9. The number of carbonyl (C=O) groups is 3. The maximum atomic E-state index is 12.8. The predicted molar refractivity (Wildman–Crippen MR) is 256 cm³/mol. The summed E-state index contributed by atoms with van der Waals surface area (Å²) in [5.74, 6) is -0.964. The third-order valence-corrected chi connectivity index (χ3v) is 10.4. The topological polar surface area (TPSA) is 78.9 Å². The van der Waals surface area contributed by atoms with Gasteiger partial charge in [-0.15, -0.1) is 0 Å². The number of unbranched alkanes of at least 4 members (excludes halogenated alkanes) is 21. The molecule has 0 fully saturated rings. The summed E-state index contributed by atoms with van der Waals surface area (Å²) in [6.07, 6.45) is 60.3. The van der Waals surface area contributed by atoms with Crippen LogP contribution in [0, 0.1) is 0 Å². The van der Waals surface area contributed by atoms with Gasteiger partial charge in [-0.25, -0.2) is 0 Å². The van der Waals surface area contributed by atoms with Crippen LogP contribution in [0.15, 0.2) is 72.9 Å². The van der Waals surface area contributed by atoms with Crippen LogP contribution >= 0.6 is 0 Å². The predicted octanol–water partition coefficient (Wildman–Crippen LogP) is 16.3. The van der Waals surface area contributed by atoms with Gasteiger partial charge in [0.05, 0.1) is 0 Å². The van der Waals surface area contributed by atoms with Gasteiger partial charge in [0.15, 0.2) is 6.10 Å². The van der Waals surface area contributed by atoms with Crippen molar-refractivity contribution >= 4 is 17.9 Å². The van der Waals surface area contributed by atoms with Crippen molar-refractivity contribution in [3.63, 3.8) is 0 Å². The normalized spacial score (nSPS) is 12.7. The first-order valence-corrected chi connectivity index (χ1v) is 24.9. The molecule has 1 atom stereocenters. The first-order valence-electron chi connectivity index (χ1n) is 24.9. The summed E-state index contributed by atoms with van der Waals surface area (Å²) in [4.78, 5) is 37.9. The van der Waals surface area contributed by atoms with E-state index in [0.29, 0.717) is 19.3 Å². The van der Waals surface area contributed by atoms with E-state index in [0.717, 1.165) is 103 Å². The lowest BCUT2D eigenvalue weighted by atomic mass is 10.1. The third-order valence-electron chi connectivity index (χ3n) is 10.4. The molecule has 0 amide bonds. The van der Waals surface area contributed by atoms with Crippen molar-refractivity contribution in [1.29, 1.82) is 0 Å².